The van der Waals surface area contributed by atoms with Crippen molar-refractivity contribution >= 4 is 0 Å². The van der Waals surface area contributed by atoms with E-state index >= 15 is 0 Å². The third-order valence-corrected chi connectivity index (χ3v) is 7.53. The predicted molar refractivity (Wildman–Crippen MR) is 119 cm³/mol. The van der Waals surface area contributed by atoms with Crippen LogP contribution in [0.3, 0.4) is 0 Å². The molecule has 0 amide bonds. The van der Waals surface area contributed by atoms with E-state index < -0.39 is 73.6 Å². The molecule has 0 aromatic carbocycles. The summed E-state index contributed by atoms with van der Waals surface area (Å²) in [5, 5.41) is 34.7. The average molecular weight is 492 g/mol. The van der Waals surface area contributed by atoms with Gasteiger partial charge in [0.05, 0.1) is 36.4 Å². The number of nitrogens with one attached hydrogen (secondary N) is 1. The monoisotopic (exact) mass is 491 g/mol. The summed E-state index contributed by atoms with van der Waals surface area (Å²) in [6, 6.07) is -2.15. The molecule has 0 bridgehead atoms. The molecular formula is C21H41N5O8. The maximum Gasteiger partial charge on any atom is 0.189 e. The fourth-order valence-electron chi connectivity index (χ4n) is 5.28. The maximum absolute atomic E-state index is 11.1. The summed E-state index contributed by atoms with van der Waals surface area (Å²) in [7, 11) is 1.64. The molecule has 0 radical (unpaired) electrons. The molecule has 13 heteroatoms. The molecule has 12 N–H and O–H groups in total. The van der Waals surface area contributed by atoms with Gasteiger partial charge in [-0.05, 0) is 39.7 Å². The third kappa shape index (κ3) is 5.27. The Hall–Kier alpha value is -0.520. The van der Waals surface area contributed by atoms with E-state index in [4.69, 9.17) is 46.6 Å². The van der Waals surface area contributed by atoms with Crippen LogP contribution in [-0.2, 0) is 23.7 Å². The lowest BCUT2D eigenvalue weighted by molar-refractivity contribution is -0.369. The zero-order valence-corrected chi connectivity index (χ0v) is 19.7. The van der Waals surface area contributed by atoms with Crippen LogP contribution in [0.1, 0.15) is 32.6 Å². The van der Waals surface area contributed by atoms with Crippen LogP contribution in [0.15, 0.2) is 0 Å². The highest BCUT2D eigenvalue weighted by molar-refractivity contribution is 5.00. The Balaban J connectivity index is 1.42. The third-order valence-electron chi connectivity index (χ3n) is 7.53. The largest absolute Gasteiger partial charge is 0.388 e. The second-order valence-electron chi connectivity index (χ2n) is 10.0. The molecule has 15 atom stereocenters. The predicted octanol–water partition coefficient (Wildman–Crippen LogP) is -3.86. The van der Waals surface area contributed by atoms with Gasteiger partial charge in [0.2, 0.25) is 0 Å². The number of rotatable bonds is 5. The second kappa shape index (κ2) is 10.8. The number of nitrogens with two attached hydrogens (primary N) is 4. The topological polar surface area (TPSA) is 223 Å². The normalized spacial score (nSPS) is 54.4. The van der Waals surface area contributed by atoms with Crippen molar-refractivity contribution in [2.75, 3.05) is 7.05 Å². The van der Waals surface area contributed by atoms with Crippen molar-refractivity contribution < 1.29 is 39.0 Å². The van der Waals surface area contributed by atoms with Gasteiger partial charge in [-0.1, -0.05) is 0 Å². The minimum Gasteiger partial charge on any atom is -0.388 e. The number of hydrogen-bond donors (Lipinski definition) is 8. The van der Waals surface area contributed by atoms with Gasteiger partial charge in [-0.25, -0.2) is 0 Å². The Bertz CT molecular complexity index is 679. The van der Waals surface area contributed by atoms with Crippen LogP contribution in [0.5, 0.6) is 0 Å². The summed E-state index contributed by atoms with van der Waals surface area (Å²) >= 11 is 0. The van der Waals surface area contributed by atoms with Crippen LogP contribution in [0.2, 0.25) is 0 Å². The maximum atomic E-state index is 11.1. The Morgan fingerprint density at radius 2 is 1.53 bits per heavy atom. The van der Waals surface area contributed by atoms with Crippen LogP contribution < -0.4 is 28.3 Å². The molecule has 9 unspecified atom stereocenters. The van der Waals surface area contributed by atoms with Gasteiger partial charge in [-0.2, -0.15) is 0 Å². The molecule has 0 aromatic heterocycles. The van der Waals surface area contributed by atoms with Gasteiger partial charge in [0.25, 0.3) is 0 Å². The van der Waals surface area contributed by atoms with Gasteiger partial charge in [-0.15, -0.1) is 0 Å². The highest BCUT2D eigenvalue weighted by Crippen LogP contribution is 2.35. The molecule has 4 aliphatic rings. The van der Waals surface area contributed by atoms with Crippen LogP contribution >= 0.6 is 0 Å². The Morgan fingerprint density at radius 1 is 0.794 bits per heavy atom. The summed E-state index contributed by atoms with van der Waals surface area (Å²) in [5.41, 5.74) is 24.5. The molecule has 0 aromatic rings. The minimum absolute atomic E-state index is 0.0145. The molecule has 0 spiro atoms. The van der Waals surface area contributed by atoms with E-state index in [0.717, 1.165) is 12.8 Å². The van der Waals surface area contributed by atoms with Gasteiger partial charge in [0.15, 0.2) is 18.9 Å². The zero-order chi connectivity index (χ0) is 24.7. The SMILES string of the molecule is CNC1C(OC2OC(C)[C@@H](N)C(O)[C@@H]2O)O[C@H]2CC(N)[C@@H](O[C@H]3C[C@H](N)CCC3N)OC2C1O. The van der Waals surface area contributed by atoms with Crippen molar-refractivity contribution in [3.05, 3.63) is 0 Å². The first-order valence-electron chi connectivity index (χ1n) is 12.1. The van der Waals surface area contributed by atoms with Gasteiger partial charge in [0.1, 0.15) is 24.4 Å². The van der Waals surface area contributed by atoms with Gasteiger partial charge < -0.3 is 67.3 Å². The Morgan fingerprint density at radius 3 is 2.24 bits per heavy atom. The summed E-state index contributed by atoms with van der Waals surface area (Å²) < 4.78 is 29.8. The minimum atomic E-state index is -1.38. The average Bonchev–Trinajstić information content (AvgIpc) is 2.79. The van der Waals surface area contributed by atoms with Crippen molar-refractivity contribution in [1.82, 2.24) is 5.32 Å². The highest BCUT2D eigenvalue weighted by atomic mass is 16.8. The number of hydrogen-bond acceptors (Lipinski definition) is 13. The number of ether oxygens (including phenoxy) is 5. The lowest BCUT2D eigenvalue weighted by Crippen LogP contribution is -2.69. The highest BCUT2D eigenvalue weighted by Gasteiger charge is 2.53. The van der Waals surface area contributed by atoms with E-state index in [-0.39, 0.29) is 18.2 Å². The molecule has 4 fully saturated rings. The summed E-state index contributed by atoms with van der Waals surface area (Å²) in [5.74, 6) is 0. The van der Waals surface area contributed by atoms with E-state index in [2.05, 4.69) is 5.32 Å². The second-order valence-corrected chi connectivity index (χ2v) is 10.0. The van der Waals surface area contributed by atoms with E-state index in [9.17, 15) is 15.3 Å². The molecular weight excluding hydrogens is 450 g/mol. The van der Waals surface area contributed by atoms with E-state index in [1.54, 1.807) is 14.0 Å². The summed E-state index contributed by atoms with van der Waals surface area (Å²) in [6.07, 6.45) is -6.20. The first-order valence-corrected chi connectivity index (χ1v) is 12.1. The smallest absolute Gasteiger partial charge is 0.189 e. The van der Waals surface area contributed by atoms with Crippen LogP contribution in [0.25, 0.3) is 0 Å². The number of likely N-dealkylation sites (N-methyl/N-ethyl adjacent to an activating group) is 1. The quantitative estimate of drug-likeness (QED) is 0.185. The van der Waals surface area contributed by atoms with Crippen LogP contribution in [0, 0.1) is 0 Å². The standard InChI is InChI=1S/C21H41N5O8/c1-7-13(25)15(27)17(29)21(30-7)34-20-14(26-2)16(28)18-12(32-20)6-10(24)19(33-18)31-11-5-8(22)3-4-9(11)23/h7-21,26-29H,3-6,22-25H2,1-2H3/t7?,8-,9?,10?,11+,12+,13-,14?,15?,16?,17+,18?,19+,20?,21?/m1/s1. The van der Waals surface area contributed by atoms with Crippen molar-refractivity contribution in [2.24, 2.45) is 22.9 Å². The molecule has 3 saturated heterocycles. The van der Waals surface area contributed by atoms with E-state index in [0.29, 0.717) is 12.8 Å². The molecule has 198 valence electrons. The van der Waals surface area contributed by atoms with Crippen LogP contribution in [0.4, 0.5) is 0 Å². The molecule has 3 heterocycles. The number of fused-ring (bicyclic) bond motifs is 1. The molecule has 1 aliphatic carbocycles. The molecule has 3 aliphatic heterocycles. The van der Waals surface area contributed by atoms with Gasteiger partial charge in [-0.3, -0.25) is 0 Å². The molecule has 4 rings (SSSR count). The lowest BCUT2D eigenvalue weighted by atomic mass is 9.88. The van der Waals surface area contributed by atoms with Gasteiger partial charge >= 0.3 is 0 Å². The summed E-state index contributed by atoms with van der Waals surface area (Å²) in [4.78, 5) is 0. The Kier molecular flexibility index (Phi) is 8.47. The van der Waals surface area contributed by atoms with Crippen molar-refractivity contribution in [3.63, 3.8) is 0 Å². The van der Waals surface area contributed by atoms with E-state index in [1.807, 2.05) is 0 Å². The van der Waals surface area contributed by atoms with Crippen molar-refractivity contribution in [2.45, 2.75) is 124 Å². The van der Waals surface area contributed by atoms with Crippen molar-refractivity contribution in [1.29, 1.82) is 0 Å². The molecule has 1 saturated carbocycles. The lowest BCUT2D eigenvalue weighted by Gasteiger charge is -2.51. The first-order chi connectivity index (χ1) is 16.1. The molecule has 13 nitrogen and oxygen atoms in total. The van der Waals surface area contributed by atoms with Crippen LogP contribution in [-0.4, -0.2) is 114 Å². The molecule has 34 heavy (non-hydrogen) atoms. The summed E-state index contributed by atoms with van der Waals surface area (Å²) in [6.45, 7) is 1.68. The Labute approximate surface area is 199 Å². The number of aliphatic hydroxyl groups excluding tert-OH is 3. The van der Waals surface area contributed by atoms with Gasteiger partial charge in [0, 0.05) is 12.1 Å². The zero-order valence-electron chi connectivity index (χ0n) is 19.7. The fraction of sp³-hybridized carbons (Fsp3) is 1.00. The van der Waals surface area contributed by atoms with Crippen molar-refractivity contribution in [3.8, 4) is 0 Å². The fourth-order valence-corrected chi connectivity index (χ4v) is 5.28. The first kappa shape index (κ1) is 26.5. The van der Waals surface area contributed by atoms with E-state index in [1.165, 1.54) is 0 Å². The number of aliphatic hydroxyl groups is 3.